The lowest BCUT2D eigenvalue weighted by Crippen LogP contribution is -2.55. The Morgan fingerprint density at radius 3 is 2.45 bits per heavy atom. The summed E-state index contributed by atoms with van der Waals surface area (Å²) in [5.74, 6) is 0. The molecule has 0 aromatic rings. The number of carbonyl (C=O) groups excluding carboxylic acids is 1. The number of rotatable bonds is 2. The molecular formula is C15H27N3O2. The number of carbonyl (C=O) groups is 1. The molecule has 1 amide bonds. The summed E-state index contributed by atoms with van der Waals surface area (Å²) in [6, 6.07) is 1.29. The lowest BCUT2D eigenvalue weighted by molar-refractivity contribution is 0.0262. The molecule has 0 radical (unpaired) electrons. The fraction of sp³-hybridized carbons (Fsp3) is 0.933. The van der Waals surface area contributed by atoms with Crippen molar-refractivity contribution in [2.24, 2.45) is 5.73 Å². The summed E-state index contributed by atoms with van der Waals surface area (Å²) < 4.78 is 5.16. The molecule has 2 heterocycles. The minimum atomic E-state index is -0.107. The molecule has 5 nitrogen and oxygen atoms in total. The number of piperidine rings is 1. The van der Waals surface area contributed by atoms with E-state index in [1.807, 2.05) is 4.90 Å². The first-order valence-corrected chi connectivity index (χ1v) is 8.19. The van der Waals surface area contributed by atoms with Crippen molar-refractivity contribution in [3.05, 3.63) is 0 Å². The number of hydrogen-bond donors (Lipinski definition) is 1. The van der Waals surface area contributed by atoms with E-state index in [-0.39, 0.29) is 6.09 Å². The Labute approximate surface area is 121 Å². The van der Waals surface area contributed by atoms with Crippen molar-refractivity contribution in [1.82, 2.24) is 9.80 Å². The van der Waals surface area contributed by atoms with Gasteiger partial charge in [-0.2, -0.15) is 0 Å². The van der Waals surface area contributed by atoms with Crippen molar-refractivity contribution in [2.45, 2.75) is 63.1 Å². The van der Waals surface area contributed by atoms with Gasteiger partial charge in [-0.05, 0) is 32.1 Å². The Bertz CT molecular complexity index is 342. The van der Waals surface area contributed by atoms with Gasteiger partial charge in [0.1, 0.15) is 0 Å². The van der Waals surface area contributed by atoms with Crippen molar-refractivity contribution in [1.29, 1.82) is 0 Å². The van der Waals surface area contributed by atoms with Gasteiger partial charge < -0.3 is 15.4 Å². The van der Waals surface area contributed by atoms with Crippen LogP contribution in [0.2, 0.25) is 0 Å². The van der Waals surface area contributed by atoms with E-state index in [0.29, 0.717) is 24.7 Å². The lowest BCUT2D eigenvalue weighted by Gasteiger charge is -2.44. The van der Waals surface area contributed by atoms with Crippen molar-refractivity contribution >= 4 is 6.09 Å². The topological polar surface area (TPSA) is 58.8 Å². The predicted molar refractivity (Wildman–Crippen MR) is 77.5 cm³/mol. The van der Waals surface area contributed by atoms with Gasteiger partial charge in [-0.1, -0.05) is 12.8 Å². The van der Waals surface area contributed by atoms with Crippen LogP contribution in [0.15, 0.2) is 0 Å². The van der Waals surface area contributed by atoms with Gasteiger partial charge in [-0.15, -0.1) is 0 Å². The maximum Gasteiger partial charge on any atom is 0.410 e. The van der Waals surface area contributed by atoms with Gasteiger partial charge >= 0.3 is 6.09 Å². The van der Waals surface area contributed by atoms with Crippen LogP contribution in [0.4, 0.5) is 4.79 Å². The zero-order valence-corrected chi connectivity index (χ0v) is 12.3. The first-order valence-electron chi connectivity index (χ1n) is 8.19. The summed E-state index contributed by atoms with van der Waals surface area (Å²) >= 11 is 0. The normalized spacial score (nSPS) is 34.0. The number of nitrogens with two attached hydrogens (primary N) is 1. The van der Waals surface area contributed by atoms with E-state index in [0.717, 1.165) is 38.9 Å². The Kier molecular flexibility index (Phi) is 4.46. The molecule has 0 bridgehead atoms. The van der Waals surface area contributed by atoms with Crippen molar-refractivity contribution in [3.8, 4) is 0 Å². The van der Waals surface area contributed by atoms with Gasteiger partial charge in [0.2, 0.25) is 0 Å². The molecule has 0 aromatic carbocycles. The van der Waals surface area contributed by atoms with E-state index in [1.165, 1.54) is 25.7 Å². The van der Waals surface area contributed by atoms with Gasteiger partial charge in [-0.25, -0.2) is 4.79 Å². The molecule has 1 aliphatic carbocycles. The van der Waals surface area contributed by atoms with Crippen LogP contribution in [-0.2, 0) is 4.74 Å². The number of hydrogen-bond acceptors (Lipinski definition) is 4. The predicted octanol–water partition coefficient (Wildman–Crippen LogP) is 1.56. The van der Waals surface area contributed by atoms with Gasteiger partial charge in [0.05, 0.1) is 6.61 Å². The fourth-order valence-corrected chi connectivity index (χ4v) is 4.02. The first kappa shape index (κ1) is 14.1. The van der Waals surface area contributed by atoms with E-state index >= 15 is 0 Å². The van der Waals surface area contributed by atoms with Crippen LogP contribution in [0, 0.1) is 0 Å². The van der Waals surface area contributed by atoms with Gasteiger partial charge in [0, 0.05) is 37.8 Å². The summed E-state index contributed by atoms with van der Waals surface area (Å²) in [6.45, 7) is 3.61. The summed E-state index contributed by atoms with van der Waals surface area (Å²) in [4.78, 5) is 16.3. The third-order valence-electron chi connectivity index (χ3n) is 5.19. The van der Waals surface area contributed by atoms with Crippen LogP contribution in [0.1, 0.15) is 44.9 Å². The number of amides is 1. The van der Waals surface area contributed by atoms with Crippen LogP contribution in [-0.4, -0.2) is 60.3 Å². The third-order valence-corrected chi connectivity index (χ3v) is 5.19. The number of likely N-dealkylation sites (tertiary alicyclic amines) is 1. The highest BCUT2D eigenvalue weighted by Crippen LogP contribution is 2.27. The van der Waals surface area contributed by atoms with E-state index in [4.69, 9.17) is 10.5 Å². The van der Waals surface area contributed by atoms with Crippen LogP contribution in [0.5, 0.6) is 0 Å². The summed E-state index contributed by atoms with van der Waals surface area (Å²) in [7, 11) is 0. The van der Waals surface area contributed by atoms with Crippen molar-refractivity contribution in [2.75, 3.05) is 26.2 Å². The van der Waals surface area contributed by atoms with Gasteiger partial charge in [0.25, 0.3) is 0 Å². The van der Waals surface area contributed by atoms with Crippen LogP contribution in [0.3, 0.4) is 0 Å². The molecule has 3 aliphatic rings. The molecule has 2 N–H and O–H groups in total. The average molecular weight is 281 g/mol. The van der Waals surface area contributed by atoms with Gasteiger partial charge in [-0.3, -0.25) is 4.90 Å². The highest BCUT2D eigenvalue weighted by molar-refractivity contribution is 5.68. The zero-order valence-electron chi connectivity index (χ0n) is 12.3. The summed E-state index contributed by atoms with van der Waals surface area (Å²) in [5, 5.41) is 0. The SMILES string of the molecule is NC1CCCCC1N1CCC(N2CCCOC2=O)CC1. The molecule has 2 atom stereocenters. The Morgan fingerprint density at radius 1 is 1.00 bits per heavy atom. The molecule has 0 spiro atoms. The molecule has 0 aromatic heterocycles. The van der Waals surface area contributed by atoms with E-state index in [2.05, 4.69) is 4.90 Å². The van der Waals surface area contributed by atoms with E-state index in [9.17, 15) is 4.79 Å². The monoisotopic (exact) mass is 281 g/mol. The second kappa shape index (κ2) is 6.31. The number of cyclic esters (lactones) is 1. The second-order valence-electron chi connectivity index (χ2n) is 6.44. The molecule has 20 heavy (non-hydrogen) atoms. The minimum Gasteiger partial charge on any atom is -0.449 e. The zero-order chi connectivity index (χ0) is 13.9. The van der Waals surface area contributed by atoms with Crippen LogP contribution < -0.4 is 5.73 Å². The minimum absolute atomic E-state index is 0.107. The highest BCUT2D eigenvalue weighted by Gasteiger charge is 2.34. The molecule has 2 saturated heterocycles. The molecule has 3 rings (SSSR count). The third kappa shape index (κ3) is 2.93. The molecule has 2 unspecified atom stereocenters. The maximum atomic E-state index is 11.8. The molecule has 2 aliphatic heterocycles. The van der Waals surface area contributed by atoms with Gasteiger partial charge in [0.15, 0.2) is 0 Å². The first-order chi connectivity index (χ1) is 9.75. The van der Waals surface area contributed by atoms with Crippen LogP contribution in [0.25, 0.3) is 0 Å². The van der Waals surface area contributed by atoms with Crippen molar-refractivity contribution in [3.63, 3.8) is 0 Å². The van der Waals surface area contributed by atoms with E-state index < -0.39 is 0 Å². The van der Waals surface area contributed by atoms with E-state index in [1.54, 1.807) is 0 Å². The quantitative estimate of drug-likeness (QED) is 0.834. The van der Waals surface area contributed by atoms with Crippen LogP contribution >= 0.6 is 0 Å². The highest BCUT2D eigenvalue weighted by atomic mass is 16.6. The standard InChI is InChI=1S/C15H27N3O2/c16-13-4-1-2-5-14(13)17-9-6-12(7-10-17)18-8-3-11-20-15(18)19/h12-14H,1-11,16H2. The Hall–Kier alpha value is -0.810. The Balaban J connectivity index is 1.52. The number of ether oxygens (including phenoxy) is 1. The maximum absolute atomic E-state index is 11.8. The Morgan fingerprint density at radius 2 is 1.75 bits per heavy atom. The summed E-state index contributed by atoms with van der Waals surface area (Å²) in [5.41, 5.74) is 6.28. The molecule has 114 valence electrons. The second-order valence-corrected chi connectivity index (χ2v) is 6.44. The number of nitrogens with zero attached hydrogens (tertiary/aromatic N) is 2. The fourth-order valence-electron chi connectivity index (χ4n) is 4.02. The molecular weight excluding hydrogens is 254 g/mol. The smallest absolute Gasteiger partial charge is 0.410 e. The average Bonchev–Trinajstić information content (AvgIpc) is 2.49. The molecule has 1 saturated carbocycles. The summed E-state index contributed by atoms with van der Waals surface area (Å²) in [6.07, 6.45) is 8.02. The molecule has 3 fully saturated rings. The lowest BCUT2D eigenvalue weighted by atomic mass is 9.88. The largest absolute Gasteiger partial charge is 0.449 e. The van der Waals surface area contributed by atoms with Crippen molar-refractivity contribution < 1.29 is 9.53 Å². The molecule has 5 heteroatoms.